The largest absolute Gasteiger partial charge is 0.468 e. The molecule has 0 heterocycles. The SMILES string of the molecule is COC(=O)CN[C@H](C(=O)NC(=O)CCN)C(C)C. The average Bonchev–Trinajstić information content (AvgIpc) is 2.28. The van der Waals surface area contributed by atoms with Crippen LogP contribution in [0.5, 0.6) is 0 Å². The number of methoxy groups -OCH3 is 1. The Balaban J connectivity index is 4.36. The van der Waals surface area contributed by atoms with Crippen LogP contribution in [0.1, 0.15) is 20.3 Å². The number of esters is 1. The molecular weight excluding hydrogens is 238 g/mol. The Hall–Kier alpha value is -1.47. The van der Waals surface area contributed by atoms with Gasteiger partial charge in [0.15, 0.2) is 0 Å². The van der Waals surface area contributed by atoms with Crippen molar-refractivity contribution >= 4 is 17.8 Å². The van der Waals surface area contributed by atoms with Gasteiger partial charge < -0.3 is 10.5 Å². The van der Waals surface area contributed by atoms with Gasteiger partial charge >= 0.3 is 5.97 Å². The van der Waals surface area contributed by atoms with Gasteiger partial charge in [-0.2, -0.15) is 0 Å². The summed E-state index contributed by atoms with van der Waals surface area (Å²) < 4.78 is 4.46. The van der Waals surface area contributed by atoms with Crippen molar-refractivity contribution in [3.63, 3.8) is 0 Å². The lowest BCUT2D eigenvalue weighted by Gasteiger charge is -2.20. The zero-order valence-corrected chi connectivity index (χ0v) is 11.0. The second-order valence-corrected chi connectivity index (χ2v) is 4.13. The maximum Gasteiger partial charge on any atom is 0.319 e. The molecule has 1 atom stereocenters. The van der Waals surface area contributed by atoms with E-state index in [4.69, 9.17) is 5.73 Å². The molecule has 0 radical (unpaired) electrons. The molecular formula is C11H21N3O4. The summed E-state index contributed by atoms with van der Waals surface area (Å²) in [6.07, 6.45) is 0.0908. The minimum atomic E-state index is -0.633. The Kier molecular flexibility index (Phi) is 7.89. The number of hydrogen-bond acceptors (Lipinski definition) is 6. The summed E-state index contributed by atoms with van der Waals surface area (Å²) in [4.78, 5) is 34.0. The number of amides is 2. The standard InChI is InChI=1S/C11H21N3O4/c1-7(2)10(13-6-9(16)18-3)11(17)14-8(15)4-5-12/h7,10,13H,4-6,12H2,1-3H3,(H,14,15,17)/t10-/m0/s1. The van der Waals surface area contributed by atoms with Crippen molar-refractivity contribution in [1.82, 2.24) is 10.6 Å². The average molecular weight is 259 g/mol. The van der Waals surface area contributed by atoms with Crippen LogP contribution in [0.25, 0.3) is 0 Å². The van der Waals surface area contributed by atoms with E-state index in [-0.39, 0.29) is 25.4 Å². The van der Waals surface area contributed by atoms with Gasteiger partial charge in [-0.3, -0.25) is 25.0 Å². The van der Waals surface area contributed by atoms with Gasteiger partial charge in [0.1, 0.15) is 0 Å². The Labute approximate surface area is 106 Å². The molecule has 4 N–H and O–H groups in total. The van der Waals surface area contributed by atoms with E-state index in [1.165, 1.54) is 7.11 Å². The molecule has 0 bridgehead atoms. The molecule has 0 aromatic carbocycles. The maximum absolute atomic E-state index is 11.8. The number of hydrogen-bond donors (Lipinski definition) is 3. The highest BCUT2D eigenvalue weighted by Crippen LogP contribution is 2.01. The normalized spacial score (nSPS) is 12.1. The summed E-state index contributed by atoms with van der Waals surface area (Å²) in [6.45, 7) is 3.71. The number of ether oxygens (including phenoxy) is 1. The van der Waals surface area contributed by atoms with E-state index in [1.54, 1.807) is 0 Å². The number of carbonyl (C=O) groups excluding carboxylic acids is 3. The van der Waals surface area contributed by atoms with E-state index in [1.807, 2.05) is 13.8 Å². The van der Waals surface area contributed by atoms with E-state index in [9.17, 15) is 14.4 Å². The van der Waals surface area contributed by atoms with E-state index >= 15 is 0 Å². The van der Waals surface area contributed by atoms with Crippen LogP contribution in [0.2, 0.25) is 0 Å². The Morgan fingerprint density at radius 1 is 1.28 bits per heavy atom. The maximum atomic E-state index is 11.8. The van der Waals surface area contributed by atoms with E-state index in [2.05, 4.69) is 15.4 Å². The first kappa shape index (κ1) is 16.5. The van der Waals surface area contributed by atoms with Crippen LogP contribution in [-0.2, 0) is 19.1 Å². The predicted molar refractivity (Wildman–Crippen MR) is 65.5 cm³/mol. The van der Waals surface area contributed by atoms with Crippen LogP contribution < -0.4 is 16.4 Å². The zero-order chi connectivity index (χ0) is 14.1. The lowest BCUT2D eigenvalue weighted by Crippen LogP contribution is -2.50. The van der Waals surface area contributed by atoms with Crippen LogP contribution in [0.3, 0.4) is 0 Å². The Morgan fingerprint density at radius 3 is 2.33 bits per heavy atom. The Morgan fingerprint density at radius 2 is 1.89 bits per heavy atom. The van der Waals surface area contributed by atoms with Gasteiger partial charge in [0.05, 0.1) is 19.7 Å². The van der Waals surface area contributed by atoms with Crippen LogP contribution >= 0.6 is 0 Å². The smallest absolute Gasteiger partial charge is 0.319 e. The summed E-state index contributed by atoms with van der Waals surface area (Å²) in [6, 6.07) is -0.633. The molecule has 0 aliphatic heterocycles. The van der Waals surface area contributed by atoms with Gasteiger partial charge in [-0.05, 0) is 5.92 Å². The Bertz CT molecular complexity index is 305. The van der Waals surface area contributed by atoms with Gasteiger partial charge in [0, 0.05) is 13.0 Å². The van der Waals surface area contributed by atoms with Gasteiger partial charge in [0.25, 0.3) is 0 Å². The third-order valence-electron chi connectivity index (χ3n) is 2.28. The minimum Gasteiger partial charge on any atom is -0.468 e. The third-order valence-corrected chi connectivity index (χ3v) is 2.28. The summed E-state index contributed by atoms with van der Waals surface area (Å²) >= 11 is 0. The molecule has 0 rings (SSSR count). The summed E-state index contributed by atoms with van der Waals surface area (Å²) in [5.41, 5.74) is 5.21. The van der Waals surface area contributed by atoms with Crippen molar-refractivity contribution in [3.05, 3.63) is 0 Å². The monoisotopic (exact) mass is 259 g/mol. The van der Waals surface area contributed by atoms with Crippen molar-refractivity contribution in [3.8, 4) is 0 Å². The fraction of sp³-hybridized carbons (Fsp3) is 0.727. The molecule has 0 aliphatic carbocycles. The first-order valence-corrected chi connectivity index (χ1v) is 5.76. The molecule has 18 heavy (non-hydrogen) atoms. The lowest BCUT2D eigenvalue weighted by molar-refractivity contribution is -0.139. The summed E-state index contributed by atoms with van der Waals surface area (Å²) in [7, 11) is 1.26. The van der Waals surface area contributed by atoms with E-state index in [0.29, 0.717) is 0 Å². The highest BCUT2D eigenvalue weighted by Gasteiger charge is 2.23. The quantitative estimate of drug-likeness (QED) is 0.493. The van der Waals surface area contributed by atoms with Crippen LogP contribution in [0, 0.1) is 5.92 Å². The van der Waals surface area contributed by atoms with Crippen molar-refractivity contribution in [1.29, 1.82) is 0 Å². The fourth-order valence-electron chi connectivity index (χ4n) is 1.31. The first-order valence-electron chi connectivity index (χ1n) is 5.76. The molecule has 0 fully saturated rings. The van der Waals surface area contributed by atoms with Gasteiger partial charge in [-0.1, -0.05) is 13.8 Å². The van der Waals surface area contributed by atoms with E-state index in [0.717, 1.165) is 0 Å². The molecule has 0 aromatic heterocycles. The second-order valence-electron chi connectivity index (χ2n) is 4.13. The van der Waals surface area contributed by atoms with Crippen LogP contribution in [0.15, 0.2) is 0 Å². The van der Waals surface area contributed by atoms with Gasteiger partial charge in [0.2, 0.25) is 11.8 Å². The third kappa shape index (κ3) is 6.31. The topological polar surface area (TPSA) is 111 Å². The zero-order valence-electron chi connectivity index (χ0n) is 11.0. The highest BCUT2D eigenvalue weighted by molar-refractivity contribution is 5.98. The van der Waals surface area contributed by atoms with Gasteiger partial charge in [-0.15, -0.1) is 0 Å². The number of nitrogens with two attached hydrogens (primary N) is 1. The van der Waals surface area contributed by atoms with Gasteiger partial charge in [-0.25, -0.2) is 0 Å². The molecule has 7 nitrogen and oxygen atoms in total. The number of imide groups is 1. The molecule has 0 aliphatic rings. The fourth-order valence-corrected chi connectivity index (χ4v) is 1.31. The molecule has 7 heteroatoms. The first-order chi connectivity index (χ1) is 8.42. The van der Waals surface area contributed by atoms with Crippen LogP contribution in [0.4, 0.5) is 0 Å². The number of nitrogens with one attached hydrogen (secondary N) is 2. The van der Waals surface area contributed by atoms with E-state index < -0.39 is 23.8 Å². The number of carbonyl (C=O) groups is 3. The highest BCUT2D eigenvalue weighted by atomic mass is 16.5. The second kappa shape index (κ2) is 8.60. The molecule has 2 amide bonds. The summed E-state index contributed by atoms with van der Waals surface area (Å²) in [5.74, 6) is -1.43. The molecule has 0 spiro atoms. The minimum absolute atomic E-state index is 0.0691. The molecule has 104 valence electrons. The molecule has 0 saturated carbocycles. The summed E-state index contributed by atoms with van der Waals surface area (Å²) in [5, 5.41) is 4.98. The predicted octanol–water partition coefficient (Wildman–Crippen LogP) is -1.23. The van der Waals surface area contributed by atoms with Crippen LogP contribution in [-0.4, -0.2) is 44.0 Å². The number of rotatable bonds is 7. The molecule has 0 saturated heterocycles. The molecule has 0 aromatic rings. The van der Waals surface area contributed by atoms with Crippen molar-refractivity contribution < 1.29 is 19.1 Å². The lowest BCUT2D eigenvalue weighted by atomic mass is 10.0. The van der Waals surface area contributed by atoms with Crippen molar-refractivity contribution in [2.75, 3.05) is 20.2 Å². The molecule has 0 unspecified atom stereocenters. The van der Waals surface area contributed by atoms with Crippen molar-refractivity contribution in [2.24, 2.45) is 11.7 Å². The van der Waals surface area contributed by atoms with Crippen molar-refractivity contribution in [2.45, 2.75) is 26.3 Å².